The van der Waals surface area contributed by atoms with Crippen molar-refractivity contribution < 1.29 is 19.1 Å². The monoisotopic (exact) mass is 265 g/mol. The molecular weight excluding hydrogens is 246 g/mol. The van der Waals surface area contributed by atoms with Crippen LogP contribution in [-0.2, 0) is 9.53 Å². The molecule has 5 nitrogen and oxygen atoms in total. The van der Waals surface area contributed by atoms with E-state index >= 15 is 0 Å². The predicted octanol–water partition coefficient (Wildman–Crippen LogP) is 1.64. The molecular formula is C14H19NO4. The van der Waals surface area contributed by atoms with Crippen molar-refractivity contribution in [2.75, 3.05) is 27.3 Å². The number of esters is 1. The number of likely N-dealkylation sites (N-methyl/N-ethyl adjacent to an activating group) is 1. The third-order valence-corrected chi connectivity index (χ3v) is 2.67. The van der Waals surface area contributed by atoms with E-state index in [9.17, 15) is 9.59 Å². The zero-order chi connectivity index (χ0) is 14.4. The third kappa shape index (κ3) is 3.98. The number of hydrogen-bond donors (Lipinski definition) is 0. The maximum Gasteiger partial charge on any atom is 0.325 e. The van der Waals surface area contributed by atoms with Crippen molar-refractivity contribution in [1.82, 2.24) is 4.90 Å². The highest BCUT2D eigenvalue weighted by Gasteiger charge is 2.16. The smallest absolute Gasteiger partial charge is 0.325 e. The number of amides is 1. The van der Waals surface area contributed by atoms with Crippen molar-refractivity contribution in [3.63, 3.8) is 0 Å². The average Bonchev–Trinajstić information content (AvgIpc) is 2.38. The number of carbonyl (C=O) groups is 2. The normalized spacial score (nSPS) is 9.89. The van der Waals surface area contributed by atoms with Gasteiger partial charge in [0, 0.05) is 12.6 Å². The minimum atomic E-state index is -0.419. The van der Waals surface area contributed by atoms with E-state index in [4.69, 9.17) is 9.47 Å². The van der Waals surface area contributed by atoms with Gasteiger partial charge < -0.3 is 14.4 Å². The molecule has 0 aliphatic rings. The van der Waals surface area contributed by atoms with E-state index in [2.05, 4.69) is 0 Å². The highest BCUT2D eigenvalue weighted by molar-refractivity contribution is 5.96. The van der Waals surface area contributed by atoms with E-state index in [-0.39, 0.29) is 12.5 Å². The van der Waals surface area contributed by atoms with E-state index in [0.29, 0.717) is 17.9 Å². The van der Waals surface area contributed by atoms with Crippen molar-refractivity contribution >= 4 is 11.9 Å². The van der Waals surface area contributed by atoms with Crippen LogP contribution >= 0.6 is 0 Å². The van der Waals surface area contributed by atoms with E-state index < -0.39 is 5.97 Å². The molecule has 1 rings (SSSR count). The molecule has 0 heterocycles. The Kier molecular flexibility index (Phi) is 5.36. The van der Waals surface area contributed by atoms with Gasteiger partial charge in [-0.15, -0.1) is 0 Å². The first-order chi connectivity index (χ1) is 8.99. The fourth-order valence-electron chi connectivity index (χ4n) is 1.65. The molecule has 5 heteroatoms. The molecule has 104 valence electrons. The molecule has 0 aliphatic carbocycles. The molecule has 0 unspecified atom stereocenters. The van der Waals surface area contributed by atoms with Crippen molar-refractivity contribution in [3.05, 3.63) is 29.3 Å². The summed E-state index contributed by atoms with van der Waals surface area (Å²) < 4.78 is 9.98. The van der Waals surface area contributed by atoms with Crippen LogP contribution in [0.3, 0.4) is 0 Å². The Bertz CT molecular complexity index is 471. The van der Waals surface area contributed by atoms with Crippen LogP contribution in [-0.4, -0.2) is 44.1 Å². The largest absolute Gasteiger partial charge is 0.496 e. The molecule has 1 aromatic rings. The summed E-state index contributed by atoms with van der Waals surface area (Å²) in [6.07, 6.45) is 0. The van der Waals surface area contributed by atoms with Gasteiger partial charge in [0.05, 0.1) is 13.7 Å². The second-order valence-electron chi connectivity index (χ2n) is 4.15. The van der Waals surface area contributed by atoms with Gasteiger partial charge in [-0.2, -0.15) is 0 Å². The number of methoxy groups -OCH3 is 1. The van der Waals surface area contributed by atoms with Crippen molar-refractivity contribution in [1.29, 1.82) is 0 Å². The number of rotatable bonds is 5. The van der Waals surface area contributed by atoms with E-state index in [1.165, 1.54) is 4.90 Å². The van der Waals surface area contributed by atoms with Gasteiger partial charge in [-0.25, -0.2) is 0 Å². The molecule has 0 aliphatic heterocycles. The summed E-state index contributed by atoms with van der Waals surface area (Å²) in [5.74, 6) is -0.0147. The summed E-state index contributed by atoms with van der Waals surface area (Å²) in [6, 6.07) is 5.19. The molecule has 0 radical (unpaired) electrons. The van der Waals surface area contributed by atoms with Crippen molar-refractivity contribution in [2.45, 2.75) is 13.8 Å². The van der Waals surface area contributed by atoms with Gasteiger partial charge in [0.15, 0.2) is 0 Å². The molecule has 0 N–H and O–H groups in total. The summed E-state index contributed by atoms with van der Waals surface area (Å²) in [5.41, 5.74) is 1.43. The summed E-state index contributed by atoms with van der Waals surface area (Å²) in [4.78, 5) is 24.8. The molecule has 0 bridgehead atoms. The lowest BCUT2D eigenvalue weighted by Crippen LogP contribution is -2.33. The molecule has 1 aromatic carbocycles. The lowest BCUT2D eigenvalue weighted by atomic mass is 10.1. The predicted molar refractivity (Wildman–Crippen MR) is 71.3 cm³/mol. The first-order valence-electron chi connectivity index (χ1n) is 6.05. The van der Waals surface area contributed by atoms with Gasteiger partial charge in [0.1, 0.15) is 12.3 Å². The molecule has 0 spiro atoms. The highest BCUT2D eigenvalue weighted by Crippen LogP contribution is 2.19. The summed E-state index contributed by atoms with van der Waals surface area (Å²) >= 11 is 0. The average molecular weight is 265 g/mol. The Labute approximate surface area is 113 Å². The number of hydrogen-bond acceptors (Lipinski definition) is 4. The fourth-order valence-corrected chi connectivity index (χ4v) is 1.65. The fraction of sp³-hybridized carbons (Fsp3) is 0.429. The number of carbonyl (C=O) groups excluding carboxylic acids is 2. The van der Waals surface area contributed by atoms with Gasteiger partial charge in [-0.1, -0.05) is 6.07 Å². The van der Waals surface area contributed by atoms with Gasteiger partial charge >= 0.3 is 5.97 Å². The van der Waals surface area contributed by atoms with Crippen LogP contribution in [0.2, 0.25) is 0 Å². The van der Waals surface area contributed by atoms with Crippen molar-refractivity contribution in [3.8, 4) is 5.75 Å². The number of aryl methyl sites for hydroxylation is 1. The first-order valence-corrected chi connectivity index (χ1v) is 6.05. The van der Waals surface area contributed by atoms with Crippen LogP contribution in [0.4, 0.5) is 0 Å². The second-order valence-corrected chi connectivity index (χ2v) is 4.15. The van der Waals surface area contributed by atoms with E-state index in [1.807, 2.05) is 13.0 Å². The number of benzene rings is 1. The van der Waals surface area contributed by atoms with Crippen LogP contribution in [0, 0.1) is 6.92 Å². The lowest BCUT2D eigenvalue weighted by Gasteiger charge is -2.16. The van der Waals surface area contributed by atoms with Crippen LogP contribution in [0.1, 0.15) is 22.8 Å². The van der Waals surface area contributed by atoms with E-state index in [0.717, 1.165) is 5.56 Å². The quantitative estimate of drug-likeness (QED) is 0.759. The Morgan fingerprint density at radius 1 is 1.32 bits per heavy atom. The maximum absolute atomic E-state index is 12.1. The lowest BCUT2D eigenvalue weighted by molar-refractivity contribution is -0.143. The van der Waals surface area contributed by atoms with Crippen molar-refractivity contribution in [2.24, 2.45) is 0 Å². The number of ether oxygens (including phenoxy) is 2. The molecule has 0 atom stereocenters. The summed E-state index contributed by atoms with van der Waals surface area (Å²) in [7, 11) is 3.12. The minimum Gasteiger partial charge on any atom is -0.496 e. The zero-order valence-corrected chi connectivity index (χ0v) is 11.7. The first kappa shape index (κ1) is 15.0. The maximum atomic E-state index is 12.1. The number of nitrogens with zero attached hydrogens (tertiary/aromatic N) is 1. The Morgan fingerprint density at radius 3 is 2.58 bits per heavy atom. The van der Waals surface area contributed by atoms with Crippen LogP contribution in [0.15, 0.2) is 18.2 Å². The molecule has 0 saturated carbocycles. The third-order valence-electron chi connectivity index (χ3n) is 2.67. The molecule has 1 amide bonds. The molecule has 0 saturated heterocycles. The summed E-state index contributed by atoms with van der Waals surface area (Å²) in [5, 5.41) is 0. The van der Waals surface area contributed by atoms with Gasteiger partial charge in [0.2, 0.25) is 0 Å². The van der Waals surface area contributed by atoms with Crippen LogP contribution in [0.5, 0.6) is 5.75 Å². The van der Waals surface area contributed by atoms with Gasteiger partial charge in [-0.3, -0.25) is 9.59 Å². The Hall–Kier alpha value is -2.04. The highest BCUT2D eigenvalue weighted by atomic mass is 16.5. The molecule has 0 fully saturated rings. The van der Waals surface area contributed by atoms with Crippen LogP contribution in [0.25, 0.3) is 0 Å². The van der Waals surface area contributed by atoms with Gasteiger partial charge in [-0.05, 0) is 31.5 Å². The Morgan fingerprint density at radius 2 is 2.00 bits per heavy atom. The SMILES string of the molecule is CCOC(=O)CN(C)C(=O)c1ccc(C)c(OC)c1. The second kappa shape index (κ2) is 6.78. The topological polar surface area (TPSA) is 55.8 Å². The van der Waals surface area contributed by atoms with E-state index in [1.54, 1.807) is 33.2 Å². The van der Waals surface area contributed by atoms with Gasteiger partial charge in [0.25, 0.3) is 5.91 Å². The summed E-state index contributed by atoms with van der Waals surface area (Å²) in [6.45, 7) is 3.86. The van der Waals surface area contributed by atoms with Crippen LogP contribution < -0.4 is 4.74 Å². The molecule has 19 heavy (non-hydrogen) atoms. The standard InChI is InChI=1S/C14H19NO4/c1-5-19-13(16)9-15(3)14(17)11-7-6-10(2)12(8-11)18-4/h6-8H,5,9H2,1-4H3. The zero-order valence-electron chi connectivity index (χ0n) is 11.7. The molecule has 0 aromatic heterocycles. The minimum absolute atomic E-state index is 0.0666. The Balaban J connectivity index is 2.79.